The fourth-order valence-electron chi connectivity index (χ4n) is 3.20. The summed E-state index contributed by atoms with van der Waals surface area (Å²) in [6.07, 6.45) is 3.52. The minimum Gasteiger partial charge on any atom is -0.491 e. The van der Waals surface area contributed by atoms with E-state index in [1.165, 1.54) is 0 Å². The van der Waals surface area contributed by atoms with Gasteiger partial charge in [-0.3, -0.25) is 4.79 Å². The van der Waals surface area contributed by atoms with Gasteiger partial charge in [-0.15, -0.1) is 0 Å². The third-order valence-electron chi connectivity index (χ3n) is 4.53. The monoisotopic (exact) mass is 366 g/mol. The molecular formula is C19H22N6O2. The van der Waals surface area contributed by atoms with Crippen LogP contribution < -0.4 is 4.74 Å². The van der Waals surface area contributed by atoms with Gasteiger partial charge in [0.05, 0.1) is 12.1 Å². The summed E-state index contributed by atoms with van der Waals surface area (Å²) >= 11 is 0. The molecule has 0 fully saturated rings. The maximum atomic E-state index is 12.4. The maximum absolute atomic E-state index is 12.4. The Morgan fingerprint density at radius 1 is 1.26 bits per heavy atom. The molecule has 0 radical (unpaired) electrons. The van der Waals surface area contributed by atoms with Gasteiger partial charge in [-0.25, -0.2) is 14.6 Å². The van der Waals surface area contributed by atoms with Crippen molar-refractivity contribution >= 4 is 5.91 Å². The molecule has 1 aliphatic heterocycles. The number of carbonyl (C=O) groups excluding carboxylic acids is 1. The molecule has 27 heavy (non-hydrogen) atoms. The van der Waals surface area contributed by atoms with Gasteiger partial charge in [0.1, 0.15) is 30.2 Å². The van der Waals surface area contributed by atoms with E-state index in [-0.39, 0.29) is 11.9 Å². The van der Waals surface area contributed by atoms with Gasteiger partial charge in [-0.1, -0.05) is 0 Å². The van der Waals surface area contributed by atoms with Crippen LogP contribution in [0.2, 0.25) is 0 Å². The Hall–Kier alpha value is -3.16. The smallest absolute Gasteiger partial charge is 0.253 e. The van der Waals surface area contributed by atoms with Gasteiger partial charge in [0.2, 0.25) is 0 Å². The lowest BCUT2D eigenvalue weighted by Gasteiger charge is -2.12. The molecule has 1 aromatic carbocycles. The van der Waals surface area contributed by atoms with E-state index in [2.05, 4.69) is 23.9 Å². The van der Waals surface area contributed by atoms with E-state index < -0.39 is 0 Å². The minimum atomic E-state index is -0.0556. The van der Waals surface area contributed by atoms with Crippen molar-refractivity contribution in [2.75, 3.05) is 20.7 Å². The molecule has 3 heterocycles. The Kier molecular flexibility index (Phi) is 4.18. The van der Waals surface area contributed by atoms with E-state index in [1.807, 2.05) is 27.6 Å². The zero-order valence-corrected chi connectivity index (χ0v) is 15.9. The van der Waals surface area contributed by atoms with E-state index in [0.29, 0.717) is 18.7 Å². The number of benzene rings is 1. The van der Waals surface area contributed by atoms with Crippen molar-refractivity contribution in [1.82, 2.24) is 29.2 Å². The topological polar surface area (TPSA) is 78.1 Å². The molecule has 0 aliphatic carbocycles. The lowest BCUT2D eigenvalue weighted by atomic mass is 10.1. The molecule has 0 N–H and O–H groups in total. The van der Waals surface area contributed by atoms with Gasteiger partial charge < -0.3 is 14.2 Å². The molecule has 0 saturated carbocycles. The summed E-state index contributed by atoms with van der Waals surface area (Å²) in [6.45, 7) is 5.32. The Bertz CT molecular complexity index is 1000. The molecular weight excluding hydrogens is 344 g/mol. The van der Waals surface area contributed by atoms with Crippen molar-refractivity contribution in [2.24, 2.45) is 0 Å². The zero-order chi connectivity index (χ0) is 19.1. The van der Waals surface area contributed by atoms with Crippen LogP contribution in [0.3, 0.4) is 0 Å². The fraction of sp³-hybridized carbons (Fsp3) is 0.368. The molecule has 2 aromatic heterocycles. The first-order valence-electron chi connectivity index (χ1n) is 8.91. The Labute approximate surface area is 157 Å². The second kappa shape index (κ2) is 6.53. The zero-order valence-electron chi connectivity index (χ0n) is 15.9. The van der Waals surface area contributed by atoms with E-state index in [4.69, 9.17) is 9.72 Å². The van der Waals surface area contributed by atoms with Crippen LogP contribution in [0.25, 0.3) is 22.9 Å². The molecule has 1 aliphatic rings. The number of fused-ring (bicyclic) bond motifs is 3. The number of aromatic nitrogens is 5. The lowest BCUT2D eigenvalue weighted by molar-refractivity contribution is 0.0827. The summed E-state index contributed by atoms with van der Waals surface area (Å²) in [6, 6.07) is 5.66. The molecule has 0 atom stereocenters. The van der Waals surface area contributed by atoms with Gasteiger partial charge in [0.15, 0.2) is 5.82 Å². The molecule has 8 nitrogen and oxygen atoms in total. The Morgan fingerprint density at radius 3 is 2.81 bits per heavy atom. The van der Waals surface area contributed by atoms with E-state index in [1.54, 1.807) is 31.4 Å². The van der Waals surface area contributed by atoms with Crippen LogP contribution in [0.5, 0.6) is 5.75 Å². The summed E-state index contributed by atoms with van der Waals surface area (Å²) in [4.78, 5) is 23.1. The van der Waals surface area contributed by atoms with Gasteiger partial charge in [-0.2, -0.15) is 5.10 Å². The SMILES string of the molecule is CC(C)n1ncnc1-c1cn2c(n1)-c1cc(C(=O)N(C)C)ccc1OCC2. The summed E-state index contributed by atoms with van der Waals surface area (Å²) in [7, 11) is 3.48. The fourth-order valence-corrected chi connectivity index (χ4v) is 3.20. The van der Waals surface area contributed by atoms with Gasteiger partial charge in [0, 0.05) is 31.9 Å². The van der Waals surface area contributed by atoms with Crippen molar-refractivity contribution < 1.29 is 9.53 Å². The third kappa shape index (κ3) is 2.97. The molecule has 4 rings (SSSR count). The average Bonchev–Trinajstić information content (AvgIpc) is 3.25. The number of nitrogens with zero attached hydrogens (tertiary/aromatic N) is 6. The molecule has 0 unspecified atom stereocenters. The molecule has 0 saturated heterocycles. The van der Waals surface area contributed by atoms with Crippen LogP contribution in [0.15, 0.2) is 30.7 Å². The minimum absolute atomic E-state index is 0.0556. The second-order valence-electron chi connectivity index (χ2n) is 7.02. The summed E-state index contributed by atoms with van der Waals surface area (Å²) in [5, 5.41) is 4.30. The number of imidazole rings is 1. The van der Waals surface area contributed by atoms with Crippen molar-refractivity contribution in [3.8, 4) is 28.7 Å². The highest BCUT2D eigenvalue weighted by Crippen LogP contribution is 2.34. The van der Waals surface area contributed by atoms with Crippen LogP contribution in [-0.4, -0.2) is 55.8 Å². The highest BCUT2D eigenvalue weighted by atomic mass is 16.5. The number of ether oxygens (including phenoxy) is 1. The van der Waals surface area contributed by atoms with Crippen LogP contribution >= 0.6 is 0 Å². The molecule has 1 amide bonds. The Balaban J connectivity index is 1.84. The molecule has 0 bridgehead atoms. The second-order valence-corrected chi connectivity index (χ2v) is 7.02. The maximum Gasteiger partial charge on any atom is 0.253 e. The number of carbonyl (C=O) groups is 1. The highest BCUT2D eigenvalue weighted by molar-refractivity contribution is 5.95. The van der Waals surface area contributed by atoms with E-state index >= 15 is 0 Å². The first kappa shape index (κ1) is 17.3. The molecule has 0 spiro atoms. The Morgan fingerprint density at radius 2 is 2.07 bits per heavy atom. The standard InChI is InChI=1S/C19H22N6O2/c1-12(2)25-18(20-11-21-25)15-10-24-7-8-27-16-6-5-13(19(26)23(3)4)9-14(16)17(24)22-15/h5-6,9-12H,7-8H2,1-4H3. The van der Waals surface area contributed by atoms with Gasteiger partial charge >= 0.3 is 0 Å². The highest BCUT2D eigenvalue weighted by Gasteiger charge is 2.23. The number of hydrogen-bond donors (Lipinski definition) is 0. The lowest BCUT2D eigenvalue weighted by Crippen LogP contribution is -2.21. The van der Waals surface area contributed by atoms with Crippen molar-refractivity contribution in [3.63, 3.8) is 0 Å². The first-order chi connectivity index (χ1) is 13.0. The molecule has 3 aromatic rings. The predicted octanol–water partition coefficient (Wildman–Crippen LogP) is 2.48. The summed E-state index contributed by atoms with van der Waals surface area (Å²) in [5.74, 6) is 2.17. The van der Waals surface area contributed by atoms with Crippen molar-refractivity contribution in [2.45, 2.75) is 26.4 Å². The first-order valence-corrected chi connectivity index (χ1v) is 8.91. The van der Waals surface area contributed by atoms with Gasteiger partial charge in [0.25, 0.3) is 5.91 Å². The van der Waals surface area contributed by atoms with Crippen molar-refractivity contribution in [3.05, 3.63) is 36.3 Å². The van der Waals surface area contributed by atoms with Crippen LogP contribution in [-0.2, 0) is 6.54 Å². The molecule has 140 valence electrons. The normalized spacial score (nSPS) is 12.9. The van der Waals surface area contributed by atoms with Crippen molar-refractivity contribution in [1.29, 1.82) is 0 Å². The molecule has 8 heteroatoms. The number of rotatable bonds is 3. The quantitative estimate of drug-likeness (QED) is 0.712. The van der Waals surface area contributed by atoms with Crippen LogP contribution in [0, 0.1) is 0 Å². The third-order valence-corrected chi connectivity index (χ3v) is 4.53. The number of amides is 1. The van der Waals surface area contributed by atoms with Crippen LogP contribution in [0.4, 0.5) is 0 Å². The van der Waals surface area contributed by atoms with Gasteiger partial charge in [-0.05, 0) is 32.0 Å². The van der Waals surface area contributed by atoms with E-state index in [9.17, 15) is 4.79 Å². The van der Waals surface area contributed by atoms with Crippen LogP contribution in [0.1, 0.15) is 30.2 Å². The number of hydrogen-bond acceptors (Lipinski definition) is 5. The summed E-state index contributed by atoms with van der Waals surface area (Å²) in [5.41, 5.74) is 2.17. The average molecular weight is 366 g/mol. The largest absolute Gasteiger partial charge is 0.491 e. The summed E-state index contributed by atoms with van der Waals surface area (Å²) < 4.78 is 9.76. The predicted molar refractivity (Wildman–Crippen MR) is 101 cm³/mol. The van der Waals surface area contributed by atoms with E-state index in [0.717, 1.165) is 28.7 Å².